The largest absolute Gasteiger partial charge is 0.491 e. The number of hydrogen-bond acceptors (Lipinski definition) is 2. The van der Waals surface area contributed by atoms with E-state index < -0.39 is 11.6 Å². The van der Waals surface area contributed by atoms with E-state index in [1.807, 2.05) is 37.3 Å². The number of ether oxygens (including phenoxy) is 1. The topological polar surface area (TPSA) is 46.5 Å². The molecule has 1 unspecified atom stereocenters. The Morgan fingerprint density at radius 2 is 1.75 bits per heavy atom. The number of carboxylic acid groups (broad SMARTS) is 1. The lowest BCUT2D eigenvalue weighted by Gasteiger charge is -2.35. The number of unbranched alkanes of at least 4 members (excludes halogenated alkanes) is 2. The van der Waals surface area contributed by atoms with Gasteiger partial charge in [0, 0.05) is 5.92 Å². The van der Waals surface area contributed by atoms with Gasteiger partial charge in [-0.25, -0.2) is 13.6 Å². The molecule has 2 aromatic carbocycles. The van der Waals surface area contributed by atoms with E-state index in [0.29, 0.717) is 19.4 Å². The van der Waals surface area contributed by atoms with Crippen LogP contribution in [-0.4, -0.2) is 23.4 Å². The lowest BCUT2D eigenvalue weighted by Crippen LogP contribution is -2.44. The van der Waals surface area contributed by atoms with Crippen LogP contribution in [0.5, 0.6) is 5.75 Å². The smallest absolute Gasteiger partial charge is 0.341 e. The van der Waals surface area contributed by atoms with Gasteiger partial charge in [0.25, 0.3) is 0 Å². The third-order valence-corrected chi connectivity index (χ3v) is 7.84. The second-order valence-corrected chi connectivity index (χ2v) is 10.4. The van der Waals surface area contributed by atoms with Gasteiger partial charge in [0.2, 0.25) is 5.67 Å². The summed E-state index contributed by atoms with van der Waals surface area (Å²) >= 11 is 0. The minimum absolute atomic E-state index is 0.0201. The van der Waals surface area contributed by atoms with Crippen molar-refractivity contribution in [2.45, 2.75) is 96.6 Å². The summed E-state index contributed by atoms with van der Waals surface area (Å²) in [6.07, 6.45) is 9.71. The summed E-state index contributed by atoms with van der Waals surface area (Å²) in [6, 6.07) is 13.1. The van der Waals surface area contributed by atoms with Crippen molar-refractivity contribution in [3.63, 3.8) is 0 Å². The van der Waals surface area contributed by atoms with Gasteiger partial charge >= 0.3 is 5.97 Å². The maximum absolute atomic E-state index is 15.7. The van der Waals surface area contributed by atoms with Crippen molar-refractivity contribution in [1.82, 2.24) is 0 Å². The summed E-state index contributed by atoms with van der Waals surface area (Å²) in [4.78, 5) is 11.9. The Bertz CT molecular complexity index is 953. The molecular weight excluding hydrogens is 458 g/mol. The number of aliphatic carboxylic acids is 1. The van der Waals surface area contributed by atoms with Crippen LogP contribution in [0.25, 0.3) is 11.1 Å². The van der Waals surface area contributed by atoms with E-state index in [1.165, 1.54) is 6.07 Å². The molecule has 0 bridgehead atoms. The molecule has 0 aliphatic heterocycles. The van der Waals surface area contributed by atoms with Gasteiger partial charge in [-0.05, 0) is 73.3 Å². The maximum atomic E-state index is 15.7. The normalized spacial score (nSPS) is 16.9. The van der Waals surface area contributed by atoms with Gasteiger partial charge in [-0.1, -0.05) is 82.7 Å². The molecule has 198 valence electrons. The number of benzene rings is 2. The predicted molar refractivity (Wildman–Crippen MR) is 142 cm³/mol. The highest BCUT2D eigenvalue weighted by molar-refractivity contribution is 5.77. The second kappa shape index (κ2) is 13.8. The fraction of sp³-hybridized carbons (Fsp3) is 0.581. The number of halogens is 2. The van der Waals surface area contributed by atoms with E-state index in [4.69, 9.17) is 4.74 Å². The quantitative estimate of drug-likeness (QED) is 0.264. The van der Waals surface area contributed by atoms with Gasteiger partial charge in [0.1, 0.15) is 0 Å². The van der Waals surface area contributed by atoms with E-state index in [1.54, 1.807) is 6.07 Å². The number of alkyl halides is 1. The summed E-state index contributed by atoms with van der Waals surface area (Å²) in [5, 5.41) is 9.74. The van der Waals surface area contributed by atoms with Gasteiger partial charge < -0.3 is 9.84 Å². The Morgan fingerprint density at radius 3 is 2.36 bits per heavy atom. The van der Waals surface area contributed by atoms with Gasteiger partial charge in [0.05, 0.1) is 6.61 Å². The number of hydrogen-bond donors (Lipinski definition) is 1. The van der Waals surface area contributed by atoms with Gasteiger partial charge in [0.15, 0.2) is 11.6 Å². The Morgan fingerprint density at radius 1 is 1.06 bits per heavy atom. The van der Waals surface area contributed by atoms with Crippen molar-refractivity contribution in [3.8, 4) is 16.9 Å². The minimum atomic E-state index is -2.12. The predicted octanol–water partition coefficient (Wildman–Crippen LogP) is 8.78. The molecule has 0 radical (unpaired) electrons. The zero-order valence-corrected chi connectivity index (χ0v) is 21.9. The van der Waals surface area contributed by atoms with Crippen LogP contribution < -0.4 is 4.74 Å². The summed E-state index contributed by atoms with van der Waals surface area (Å²) in [6.45, 7) is 4.66. The second-order valence-electron chi connectivity index (χ2n) is 10.4. The van der Waals surface area contributed by atoms with E-state index >= 15 is 4.39 Å². The monoisotopic (exact) mass is 500 g/mol. The molecular formula is C31H42F2O3. The Labute approximate surface area is 215 Å². The third kappa shape index (κ3) is 7.54. The standard InChI is InChI=1S/C31H42F2O3/c1-3-5-9-20-36-29-19-18-26(21-28(29)32)25-16-14-24(15-17-25)13-12-23(4-2)22-31(33,30(34)35)27-10-7-6-8-11-27/h14-19,21,23,27H,3-13,20,22H2,1-2H3,(H,34,35)/t23?,31-/m0/s1. The highest BCUT2D eigenvalue weighted by Gasteiger charge is 2.47. The first-order chi connectivity index (χ1) is 17.4. The van der Waals surface area contributed by atoms with Gasteiger partial charge in [-0.2, -0.15) is 0 Å². The fourth-order valence-corrected chi connectivity index (χ4v) is 5.43. The van der Waals surface area contributed by atoms with Crippen molar-refractivity contribution in [2.24, 2.45) is 11.8 Å². The molecule has 0 spiro atoms. The highest BCUT2D eigenvalue weighted by atomic mass is 19.1. The van der Waals surface area contributed by atoms with Gasteiger partial charge in [-0.15, -0.1) is 0 Å². The fourth-order valence-electron chi connectivity index (χ4n) is 5.43. The zero-order chi connectivity index (χ0) is 26.0. The summed E-state index contributed by atoms with van der Waals surface area (Å²) in [5.41, 5.74) is 0.711. The lowest BCUT2D eigenvalue weighted by atomic mass is 9.73. The molecule has 0 aromatic heterocycles. The van der Waals surface area contributed by atoms with Crippen LogP contribution in [0, 0.1) is 17.7 Å². The van der Waals surface area contributed by atoms with E-state index in [9.17, 15) is 14.3 Å². The first-order valence-electron chi connectivity index (χ1n) is 13.8. The zero-order valence-electron chi connectivity index (χ0n) is 21.9. The summed E-state index contributed by atoms with van der Waals surface area (Å²) in [5.74, 6) is -1.71. The number of aryl methyl sites for hydroxylation is 1. The summed E-state index contributed by atoms with van der Waals surface area (Å²) < 4.78 is 35.8. The van der Waals surface area contributed by atoms with Crippen molar-refractivity contribution in [2.75, 3.05) is 6.61 Å². The van der Waals surface area contributed by atoms with Crippen LogP contribution in [-0.2, 0) is 11.2 Å². The number of carboxylic acids is 1. The SMILES string of the molecule is CCCCCOc1ccc(-c2ccc(CCC(CC)C[C@@](F)(C(=O)O)C3CCCCC3)cc2)cc1F. The molecule has 1 aliphatic carbocycles. The molecule has 2 aromatic rings. The van der Waals surface area contributed by atoms with Gasteiger partial charge in [-0.3, -0.25) is 0 Å². The van der Waals surface area contributed by atoms with Crippen molar-refractivity contribution < 1.29 is 23.4 Å². The summed E-state index contributed by atoms with van der Waals surface area (Å²) in [7, 11) is 0. The Balaban J connectivity index is 1.58. The average Bonchev–Trinajstić information content (AvgIpc) is 2.90. The maximum Gasteiger partial charge on any atom is 0.341 e. The first-order valence-corrected chi connectivity index (χ1v) is 13.8. The Hall–Kier alpha value is -2.43. The van der Waals surface area contributed by atoms with Crippen LogP contribution in [0.2, 0.25) is 0 Å². The van der Waals surface area contributed by atoms with Crippen LogP contribution in [0.3, 0.4) is 0 Å². The van der Waals surface area contributed by atoms with Crippen molar-refractivity contribution in [1.29, 1.82) is 0 Å². The molecule has 1 saturated carbocycles. The van der Waals surface area contributed by atoms with Crippen LogP contribution in [0.15, 0.2) is 42.5 Å². The molecule has 3 nitrogen and oxygen atoms in total. The molecule has 36 heavy (non-hydrogen) atoms. The molecule has 3 rings (SSSR count). The number of carbonyl (C=O) groups is 1. The molecule has 5 heteroatoms. The first kappa shape index (κ1) is 28.1. The van der Waals surface area contributed by atoms with Crippen LogP contribution in [0.4, 0.5) is 8.78 Å². The number of rotatable bonds is 14. The molecule has 2 atom stereocenters. The highest BCUT2D eigenvalue weighted by Crippen LogP contribution is 2.41. The third-order valence-electron chi connectivity index (χ3n) is 7.84. The van der Waals surface area contributed by atoms with E-state index in [2.05, 4.69) is 6.92 Å². The molecule has 1 aliphatic rings. The molecule has 1 fully saturated rings. The Kier molecular flexibility index (Phi) is 10.8. The van der Waals surface area contributed by atoms with Crippen LogP contribution >= 0.6 is 0 Å². The van der Waals surface area contributed by atoms with Crippen molar-refractivity contribution >= 4 is 5.97 Å². The molecule has 0 heterocycles. The lowest BCUT2D eigenvalue weighted by molar-refractivity contribution is -0.158. The average molecular weight is 501 g/mol. The van der Waals surface area contributed by atoms with E-state index in [-0.39, 0.29) is 29.8 Å². The van der Waals surface area contributed by atoms with Crippen LogP contribution in [0.1, 0.15) is 90.0 Å². The molecule has 0 saturated heterocycles. The minimum Gasteiger partial charge on any atom is -0.491 e. The van der Waals surface area contributed by atoms with E-state index in [0.717, 1.165) is 74.5 Å². The molecule has 1 N–H and O–H groups in total. The van der Waals surface area contributed by atoms with Crippen molar-refractivity contribution in [3.05, 3.63) is 53.8 Å². The molecule has 0 amide bonds.